The lowest BCUT2D eigenvalue weighted by Crippen LogP contribution is -2.08. The van der Waals surface area contributed by atoms with Crippen LogP contribution in [0.25, 0.3) is 0 Å². The highest BCUT2D eigenvalue weighted by Crippen LogP contribution is 2.26. The van der Waals surface area contributed by atoms with Gasteiger partial charge in [-0.25, -0.2) is 0 Å². The van der Waals surface area contributed by atoms with Crippen LogP contribution in [0.4, 0.5) is 0 Å². The molecule has 1 aliphatic rings. The first-order valence-electron chi connectivity index (χ1n) is 4.85. The number of halogens is 1. The molecule has 2 rings (SSSR count). The van der Waals surface area contributed by atoms with Gasteiger partial charge in [0.15, 0.2) is 0 Å². The maximum Gasteiger partial charge on any atom is 0.129 e. The molecular formula is C11H13BrO2. The van der Waals surface area contributed by atoms with Crippen LogP contribution >= 0.6 is 15.9 Å². The number of rotatable bonds is 2. The lowest BCUT2D eigenvalue weighted by molar-refractivity contribution is 0.111. The molecule has 0 bridgehead atoms. The molecule has 0 radical (unpaired) electrons. The smallest absolute Gasteiger partial charge is 0.129 e. The molecule has 1 aromatic rings. The van der Waals surface area contributed by atoms with Crippen LogP contribution in [0.5, 0.6) is 5.75 Å². The normalized spacial score (nSPS) is 21.4. The molecule has 1 unspecified atom stereocenters. The lowest BCUT2D eigenvalue weighted by atomic mass is 10.1. The molecule has 1 aliphatic heterocycles. The summed E-state index contributed by atoms with van der Waals surface area (Å²) in [5.74, 6) is 0.293. The standard InChI is InChI=1S/C11H13BrO2/c12-10-7-8(3-4-11(10)13)6-9-2-1-5-14-9/h3-4,7,9,13H,1-2,5-6H2. The SMILES string of the molecule is Oc1ccc(CC2CCCO2)cc1Br. The third-order valence-corrected chi connectivity index (χ3v) is 3.13. The van der Waals surface area contributed by atoms with Gasteiger partial charge in [0.1, 0.15) is 5.75 Å². The van der Waals surface area contributed by atoms with E-state index in [0.29, 0.717) is 11.9 Å². The predicted molar refractivity (Wildman–Crippen MR) is 58.5 cm³/mol. The van der Waals surface area contributed by atoms with Gasteiger partial charge in [-0.15, -0.1) is 0 Å². The summed E-state index contributed by atoms with van der Waals surface area (Å²) in [5, 5.41) is 9.33. The minimum atomic E-state index is 0.293. The third-order valence-electron chi connectivity index (χ3n) is 2.50. The van der Waals surface area contributed by atoms with Crippen LogP contribution in [0.3, 0.4) is 0 Å². The molecule has 1 aromatic carbocycles. The van der Waals surface area contributed by atoms with Crippen LogP contribution in [0, 0.1) is 0 Å². The Balaban J connectivity index is 2.05. The maximum absolute atomic E-state index is 9.33. The molecule has 0 saturated carbocycles. The number of phenols is 1. The fourth-order valence-electron chi connectivity index (χ4n) is 1.75. The van der Waals surface area contributed by atoms with Gasteiger partial charge in [0.05, 0.1) is 10.6 Å². The summed E-state index contributed by atoms with van der Waals surface area (Å²) < 4.78 is 6.31. The first kappa shape index (κ1) is 9.99. The molecule has 1 heterocycles. The molecule has 0 amide bonds. The van der Waals surface area contributed by atoms with Crippen molar-refractivity contribution in [3.63, 3.8) is 0 Å². The highest BCUT2D eigenvalue weighted by atomic mass is 79.9. The van der Waals surface area contributed by atoms with Gasteiger partial charge < -0.3 is 9.84 Å². The van der Waals surface area contributed by atoms with Crippen LogP contribution in [0.15, 0.2) is 22.7 Å². The van der Waals surface area contributed by atoms with Gasteiger partial charge in [0.2, 0.25) is 0 Å². The van der Waals surface area contributed by atoms with Crippen LogP contribution in [0.1, 0.15) is 18.4 Å². The van der Waals surface area contributed by atoms with Crippen molar-refractivity contribution in [3.05, 3.63) is 28.2 Å². The minimum absolute atomic E-state index is 0.293. The van der Waals surface area contributed by atoms with E-state index in [9.17, 15) is 5.11 Å². The predicted octanol–water partition coefficient (Wildman–Crippen LogP) is 2.88. The number of hydrogen-bond acceptors (Lipinski definition) is 2. The Morgan fingerprint density at radius 3 is 3.00 bits per heavy atom. The van der Waals surface area contributed by atoms with Crippen molar-refractivity contribution in [3.8, 4) is 5.75 Å². The average molecular weight is 257 g/mol. The molecule has 0 aliphatic carbocycles. The fraction of sp³-hybridized carbons (Fsp3) is 0.455. The molecule has 3 heteroatoms. The van der Waals surface area contributed by atoms with Gasteiger partial charge in [-0.05, 0) is 52.9 Å². The molecule has 0 spiro atoms. The van der Waals surface area contributed by atoms with E-state index in [1.807, 2.05) is 12.1 Å². The van der Waals surface area contributed by atoms with E-state index in [1.165, 1.54) is 12.0 Å². The zero-order chi connectivity index (χ0) is 9.97. The molecule has 1 fully saturated rings. The monoisotopic (exact) mass is 256 g/mol. The summed E-state index contributed by atoms with van der Waals surface area (Å²) in [5.41, 5.74) is 1.21. The third kappa shape index (κ3) is 2.28. The quantitative estimate of drug-likeness (QED) is 0.882. The van der Waals surface area contributed by atoms with Crippen molar-refractivity contribution in [1.82, 2.24) is 0 Å². The topological polar surface area (TPSA) is 29.5 Å². The summed E-state index contributed by atoms with van der Waals surface area (Å²) in [6.45, 7) is 0.893. The number of aromatic hydroxyl groups is 1. The van der Waals surface area contributed by atoms with E-state index in [2.05, 4.69) is 15.9 Å². The molecule has 2 nitrogen and oxygen atoms in total. The summed E-state index contributed by atoms with van der Waals surface area (Å²) >= 11 is 3.30. The van der Waals surface area contributed by atoms with E-state index in [0.717, 1.165) is 23.9 Å². The lowest BCUT2D eigenvalue weighted by Gasteiger charge is -2.09. The van der Waals surface area contributed by atoms with E-state index >= 15 is 0 Å². The van der Waals surface area contributed by atoms with E-state index in [1.54, 1.807) is 6.07 Å². The van der Waals surface area contributed by atoms with Gasteiger partial charge >= 0.3 is 0 Å². The van der Waals surface area contributed by atoms with Gasteiger partial charge in [-0.1, -0.05) is 6.07 Å². The van der Waals surface area contributed by atoms with E-state index in [-0.39, 0.29) is 0 Å². The van der Waals surface area contributed by atoms with E-state index < -0.39 is 0 Å². The van der Waals surface area contributed by atoms with Crippen molar-refractivity contribution in [1.29, 1.82) is 0 Å². The van der Waals surface area contributed by atoms with Gasteiger partial charge in [-0.2, -0.15) is 0 Å². The molecule has 0 aromatic heterocycles. The first-order valence-corrected chi connectivity index (χ1v) is 5.64. The summed E-state index contributed by atoms with van der Waals surface area (Å²) in [6.07, 6.45) is 3.63. The highest BCUT2D eigenvalue weighted by molar-refractivity contribution is 9.10. The zero-order valence-electron chi connectivity index (χ0n) is 7.87. The zero-order valence-corrected chi connectivity index (χ0v) is 9.46. The first-order chi connectivity index (χ1) is 6.75. The van der Waals surface area contributed by atoms with Crippen molar-refractivity contribution in [2.45, 2.75) is 25.4 Å². The van der Waals surface area contributed by atoms with Gasteiger partial charge in [0, 0.05) is 6.61 Å². The molecule has 76 valence electrons. The van der Waals surface area contributed by atoms with Crippen molar-refractivity contribution < 1.29 is 9.84 Å². The molecule has 1 atom stereocenters. The summed E-state index contributed by atoms with van der Waals surface area (Å²) in [7, 11) is 0. The van der Waals surface area contributed by atoms with Crippen LogP contribution in [0.2, 0.25) is 0 Å². The van der Waals surface area contributed by atoms with E-state index in [4.69, 9.17) is 4.74 Å². The van der Waals surface area contributed by atoms with Crippen molar-refractivity contribution in [2.75, 3.05) is 6.61 Å². The second kappa shape index (κ2) is 4.32. The Hall–Kier alpha value is -0.540. The molecule has 14 heavy (non-hydrogen) atoms. The minimum Gasteiger partial charge on any atom is -0.507 e. The number of benzene rings is 1. The largest absolute Gasteiger partial charge is 0.507 e. The van der Waals surface area contributed by atoms with Crippen LogP contribution < -0.4 is 0 Å². The Morgan fingerprint density at radius 1 is 1.50 bits per heavy atom. The number of hydrogen-bond donors (Lipinski definition) is 1. The summed E-state index contributed by atoms with van der Waals surface area (Å²) in [6, 6.07) is 5.62. The van der Waals surface area contributed by atoms with Crippen molar-refractivity contribution >= 4 is 15.9 Å². The molecule has 1 saturated heterocycles. The molecular weight excluding hydrogens is 244 g/mol. The van der Waals surface area contributed by atoms with Gasteiger partial charge in [0.25, 0.3) is 0 Å². The second-order valence-corrected chi connectivity index (χ2v) is 4.48. The fourth-order valence-corrected chi connectivity index (χ4v) is 2.17. The Bertz CT molecular complexity index is 319. The number of phenolic OH excluding ortho intramolecular Hbond substituents is 1. The molecule has 1 N–H and O–H groups in total. The number of ether oxygens (including phenoxy) is 1. The van der Waals surface area contributed by atoms with Gasteiger partial charge in [-0.3, -0.25) is 0 Å². The Morgan fingerprint density at radius 2 is 2.36 bits per heavy atom. The van der Waals surface area contributed by atoms with Crippen molar-refractivity contribution in [2.24, 2.45) is 0 Å². The Kier molecular flexibility index (Phi) is 3.08. The maximum atomic E-state index is 9.33. The summed E-state index contributed by atoms with van der Waals surface area (Å²) in [4.78, 5) is 0. The second-order valence-electron chi connectivity index (χ2n) is 3.62. The average Bonchev–Trinajstić information content (AvgIpc) is 2.64. The van der Waals surface area contributed by atoms with Crippen LogP contribution in [-0.2, 0) is 11.2 Å². The van der Waals surface area contributed by atoms with Crippen LogP contribution in [-0.4, -0.2) is 17.8 Å². The highest BCUT2D eigenvalue weighted by Gasteiger charge is 2.16. The Labute approximate surface area is 92.0 Å².